The van der Waals surface area contributed by atoms with Gasteiger partial charge in [-0.05, 0) is 62.3 Å². The minimum atomic E-state index is -0.498. The number of amides is 1. The second-order valence-electron chi connectivity index (χ2n) is 7.32. The summed E-state index contributed by atoms with van der Waals surface area (Å²) in [6.07, 6.45) is 1.38. The number of carbonyl (C=O) groups excluding carboxylic acids is 1. The summed E-state index contributed by atoms with van der Waals surface area (Å²) in [5, 5.41) is 2.97. The normalized spacial score (nSPS) is 12.1. The lowest BCUT2D eigenvalue weighted by Gasteiger charge is -2.16. The molecule has 1 atom stereocenters. The van der Waals surface area contributed by atoms with Gasteiger partial charge < -0.3 is 10.1 Å². The Bertz CT molecular complexity index is 719. The zero-order chi connectivity index (χ0) is 19.1. The number of rotatable bonds is 8. The van der Waals surface area contributed by atoms with Crippen molar-refractivity contribution in [3.05, 3.63) is 64.7 Å². The fourth-order valence-corrected chi connectivity index (χ4v) is 2.89. The molecule has 0 bridgehead atoms. The van der Waals surface area contributed by atoms with Crippen LogP contribution in [-0.4, -0.2) is 18.6 Å². The first-order valence-electron chi connectivity index (χ1n) is 9.47. The van der Waals surface area contributed by atoms with Crippen LogP contribution in [0.2, 0.25) is 0 Å². The summed E-state index contributed by atoms with van der Waals surface area (Å²) >= 11 is 0. The number of carbonyl (C=O) groups is 1. The lowest BCUT2D eigenvalue weighted by Crippen LogP contribution is -2.37. The molecule has 1 N–H and O–H groups in total. The summed E-state index contributed by atoms with van der Waals surface area (Å²) in [4.78, 5) is 12.2. The first-order valence-corrected chi connectivity index (χ1v) is 9.47. The summed E-state index contributed by atoms with van der Waals surface area (Å²) in [5.74, 6) is 1.26. The Balaban J connectivity index is 1.74. The molecule has 2 aromatic rings. The maximum absolute atomic E-state index is 12.2. The van der Waals surface area contributed by atoms with Crippen molar-refractivity contribution in [1.82, 2.24) is 5.32 Å². The summed E-state index contributed by atoms with van der Waals surface area (Å²) in [5.41, 5.74) is 4.91. The van der Waals surface area contributed by atoms with Crippen molar-refractivity contribution in [3.8, 4) is 5.75 Å². The molecule has 0 radical (unpaired) electrons. The van der Waals surface area contributed by atoms with E-state index in [1.807, 2.05) is 26.0 Å². The van der Waals surface area contributed by atoms with E-state index in [1.165, 1.54) is 16.7 Å². The highest BCUT2D eigenvalue weighted by Crippen LogP contribution is 2.20. The molecule has 0 saturated carbocycles. The molecule has 0 aliphatic carbocycles. The minimum absolute atomic E-state index is 0.0693. The average Bonchev–Trinajstić information content (AvgIpc) is 2.61. The zero-order valence-corrected chi connectivity index (χ0v) is 16.6. The molecule has 3 nitrogen and oxygen atoms in total. The van der Waals surface area contributed by atoms with Crippen molar-refractivity contribution in [3.63, 3.8) is 0 Å². The van der Waals surface area contributed by atoms with Crippen molar-refractivity contribution >= 4 is 5.91 Å². The van der Waals surface area contributed by atoms with Crippen LogP contribution < -0.4 is 10.1 Å². The molecule has 0 heterocycles. The molecular formula is C23H31NO2. The monoisotopic (exact) mass is 353 g/mol. The third-order valence-electron chi connectivity index (χ3n) is 4.59. The maximum Gasteiger partial charge on any atom is 0.260 e. The van der Waals surface area contributed by atoms with Gasteiger partial charge in [0, 0.05) is 6.54 Å². The lowest BCUT2D eigenvalue weighted by molar-refractivity contribution is -0.127. The fourth-order valence-electron chi connectivity index (χ4n) is 2.89. The smallest absolute Gasteiger partial charge is 0.260 e. The van der Waals surface area contributed by atoms with E-state index < -0.39 is 6.10 Å². The van der Waals surface area contributed by atoms with E-state index in [4.69, 9.17) is 4.74 Å². The first kappa shape index (κ1) is 20.0. The van der Waals surface area contributed by atoms with Gasteiger partial charge in [-0.15, -0.1) is 0 Å². The topological polar surface area (TPSA) is 38.3 Å². The third kappa shape index (κ3) is 5.91. The van der Waals surface area contributed by atoms with Gasteiger partial charge in [0.2, 0.25) is 0 Å². The van der Waals surface area contributed by atoms with E-state index in [-0.39, 0.29) is 5.91 Å². The molecule has 2 aromatic carbocycles. The summed E-state index contributed by atoms with van der Waals surface area (Å²) in [6, 6.07) is 14.7. The molecule has 3 heteroatoms. The Kier molecular flexibility index (Phi) is 7.26. The Labute approximate surface area is 157 Å². The molecule has 0 spiro atoms. The predicted octanol–water partition coefficient (Wildman–Crippen LogP) is 4.94. The van der Waals surface area contributed by atoms with E-state index in [0.717, 1.165) is 24.2 Å². The molecule has 0 saturated heterocycles. The minimum Gasteiger partial charge on any atom is -0.481 e. The molecular weight excluding hydrogens is 322 g/mol. The number of hydrogen-bond acceptors (Lipinski definition) is 2. The van der Waals surface area contributed by atoms with Crippen molar-refractivity contribution in [2.75, 3.05) is 6.54 Å². The molecule has 0 aromatic heterocycles. The van der Waals surface area contributed by atoms with E-state index >= 15 is 0 Å². The summed E-state index contributed by atoms with van der Waals surface area (Å²) in [7, 11) is 0. The Morgan fingerprint density at radius 2 is 1.73 bits per heavy atom. The van der Waals surface area contributed by atoms with Gasteiger partial charge >= 0.3 is 0 Å². The van der Waals surface area contributed by atoms with Gasteiger partial charge in [-0.25, -0.2) is 0 Å². The highest BCUT2D eigenvalue weighted by molar-refractivity contribution is 5.80. The molecule has 1 unspecified atom stereocenters. The number of hydrogen-bond donors (Lipinski definition) is 1. The first-order chi connectivity index (χ1) is 12.4. The van der Waals surface area contributed by atoms with Crippen LogP contribution >= 0.6 is 0 Å². The molecule has 0 aliphatic heterocycles. The number of aryl methyl sites for hydroxylation is 3. The van der Waals surface area contributed by atoms with Crippen molar-refractivity contribution in [2.24, 2.45) is 0 Å². The third-order valence-corrected chi connectivity index (χ3v) is 4.59. The van der Waals surface area contributed by atoms with Crippen LogP contribution in [0.25, 0.3) is 0 Å². The van der Waals surface area contributed by atoms with Crippen LogP contribution in [-0.2, 0) is 11.2 Å². The van der Waals surface area contributed by atoms with Gasteiger partial charge in [-0.1, -0.05) is 55.8 Å². The molecule has 1 amide bonds. The molecule has 140 valence electrons. The Morgan fingerprint density at radius 1 is 1.04 bits per heavy atom. The lowest BCUT2D eigenvalue weighted by atomic mass is 10.0. The Morgan fingerprint density at radius 3 is 2.35 bits per heavy atom. The second-order valence-corrected chi connectivity index (χ2v) is 7.32. The van der Waals surface area contributed by atoms with Crippen LogP contribution in [0, 0.1) is 13.8 Å². The van der Waals surface area contributed by atoms with E-state index in [0.29, 0.717) is 12.5 Å². The van der Waals surface area contributed by atoms with Crippen LogP contribution in [0.3, 0.4) is 0 Å². The van der Waals surface area contributed by atoms with Gasteiger partial charge in [-0.2, -0.15) is 0 Å². The van der Waals surface area contributed by atoms with Crippen molar-refractivity contribution < 1.29 is 9.53 Å². The maximum atomic E-state index is 12.2. The van der Waals surface area contributed by atoms with Crippen LogP contribution in [0.5, 0.6) is 5.75 Å². The number of ether oxygens (including phenoxy) is 1. The van der Waals surface area contributed by atoms with Crippen LogP contribution in [0.15, 0.2) is 42.5 Å². The van der Waals surface area contributed by atoms with Crippen LogP contribution in [0.4, 0.5) is 0 Å². The van der Waals surface area contributed by atoms with Gasteiger partial charge in [0.1, 0.15) is 5.75 Å². The van der Waals surface area contributed by atoms with Crippen LogP contribution in [0.1, 0.15) is 55.4 Å². The van der Waals surface area contributed by atoms with Gasteiger partial charge in [0.15, 0.2) is 6.10 Å². The second kappa shape index (κ2) is 9.42. The number of nitrogens with one attached hydrogen (secondary N) is 1. The predicted molar refractivity (Wildman–Crippen MR) is 108 cm³/mol. The van der Waals surface area contributed by atoms with E-state index in [1.54, 1.807) is 6.92 Å². The Hall–Kier alpha value is -2.29. The fraction of sp³-hybridized carbons (Fsp3) is 0.435. The average molecular weight is 354 g/mol. The number of benzene rings is 2. The zero-order valence-electron chi connectivity index (χ0n) is 16.6. The molecule has 2 rings (SSSR count). The molecule has 0 fully saturated rings. The van der Waals surface area contributed by atoms with Crippen molar-refractivity contribution in [1.29, 1.82) is 0 Å². The largest absolute Gasteiger partial charge is 0.481 e. The van der Waals surface area contributed by atoms with Gasteiger partial charge in [-0.3, -0.25) is 4.79 Å². The summed E-state index contributed by atoms with van der Waals surface area (Å²) in [6.45, 7) is 10.9. The summed E-state index contributed by atoms with van der Waals surface area (Å²) < 4.78 is 5.80. The van der Waals surface area contributed by atoms with E-state index in [9.17, 15) is 4.79 Å². The van der Waals surface area contributed by atoms with Gasteiger partial charge in [0.05, 0.1) is 0 Å². The highest BCUT2D eigenvalue weighted by Gasteiger charge is 2.15. The van der Waals surface area contributed by atoms with Crippen molar-refractivity contribution in [2.45, 2.75) is 59.5 Å². The molecule has 0 aliphatic rings. The highest BCUT2D eigenvalue weighted by atomic mass is 16.5. The standard InChI is InChI=1S/C23H31NO2/c1-16(2)21-11-9-20(10-12-21)7-6-14-24-23(25)19(5)26-22-13-8-17(3)15-18(22)4/h8-13,15-16,19H,6-7,14H2,1-5H3,(H,24,25). The SMILES string of the molecule is Cc1ccc(OC(C)C(=O)NCCCc2ccc(C(C)C)cc2)c(C)c1. The quantitative estimate of drug-likeness (QED) is 0.682. The molecule has 26 heavy (non-hydrogen) atoms. The van der Waals surface area contributed by atoms with Gasteiger partial charge in [0.25, 0.3) is 5.91 Å². The van der Waals surface area contributed by atoms with E-state index in [2.05, 4.69) is 49.5 Å².